The molecular formula is C37H50N4O4. The van der Waals surface area contributed by atoms with Gasteiger partial charge in [0.05, 0.1) is 6.61 Å². The SMILES string of the molecule is CC1CN(Cc2ccccc2)CCN1.CCOC(=O)CCCN1CCCN(C(=O)c2cccc(Cc3cccc(O)c3)c2)CC1. The van der Waals surface area contributed by atoms with Crippen molar-refractivity contribution >= 4 is 11.9 Å². The van der Waals surface area contributed by atoms with Gasteiger partial charge in [-0.05, 0) is 87.2 Å². The van der Waals surface area contributed by atoms with E-state index in [0.717, 1.165) is 69.8 Å². The molecule has 2 fully saturated rings. The Morgan fingerprint density at radius 2 is 1.62 bits per heavy atom. The Balaban J connectivity index is 0.000000273. The van der Waals surface area contributed by atoms with Crippen LogP contribution in [0.3, 0.4) is 0 Å². The van der Waals surface area contributed by atoms with Gasteiger partial charge < -0.3 is 25.0 Å². The van der Waals surface area contributed by atoms with Gasteiger partial charge in [0.2, 0.25) is 0 Å². The number of nitrogens with zero attached hydrogens (tertiary/aromatic N) is 3. The molecule has 0 aromatic heterocycles. The van der Waals surface area contributed by atoms with E-state index in [2.05, 4.69) is 52.4 Å². The van der Waals surface area contributed by atoms with Crippen molar-refractivity contribution in [2.75, 3.05) is 59.0 Å². The third kappa shape index (κ3) is 12.0. The summed E-state index contributed by atoms with van der Waals surface area (Å²) in [5.74, 6) is 0.173. The van der Waals surface area contributed by atoms with Crippen molar-refractivity contribution in [1.82, 2.24) is 20.0 Å². The molecule has 2 saturated heterocycles. The maximum atomic E-state index is 13.1. The number of hydrogen-bond acceptors (Lipinski definition) is 7. The number of rotatable bonds is 10. The van der Waals surface area contributed by atoms with Gasteiger partial charge >= 0.3 is 5.97 Å². The Morgan fingerprint density at radius 1 is 0.867 bits per heavy atom. The van der Waals surface area contributed by atoms with Crippen LogP contribution >= 0.6 is 0 Å². The quantitative estimate of drug-likeness (QED) is 0.313. The van der Waals surface area contributed by atoms with Crippen molar-refractivity contribution in [3.63, 3.8) is 0 Å². The largest absolute Gasteiger partial charge is 0.508 e. The molecule has 0 bridgehead atoms. The number of ether oxygens (including phenoxy) is 1. The van der Waals surface area contributed by atoms with Crippen LogP contribution in [-0.4, -0.2) is 96.7 Å². The first kappa shape index (κ1) is 34.2. The zero-order valence-corrected chi connectivity index (χ0v) is 27.0. The normalized spacial score (nSPS) is 17.6. The highest BCUT2D eigenvalue weighted by Gasteiger charge is 2.21. The van der Waals surface area contributed by atoms with Crippen molar-refractivity contribution in [2.24, 2.45) is 0 Å². The number of phenolic OH excluding ortho intramolecular Hbond substituents is 1. The fourth-order valence-electron chi connectivity index (χ4n) is 5.97. The standard InChI is InChI=1S/C25H32N2O4.C12H18N2/c1-2-31-24(29)11-5-12-26-13-6-14-27(16-15-26)25(30)22-9-3-7-20(18-22)17-21-8-4-10-23(28)19-21;1-11-9-14(8-7-13-11)10-12-5-3-2-4-6-12/h3-4,7-10,18-19,28H,2,5-6,11-17H2,1H3;2-6,11,13H,7-10H2,1H3. The van der Waals surface area contributed by atoms with Gasteiger partial charge in [-0.15, -0.1) is 0 Å². The molecule has 2 N–H and O–H groups in total. The van der Waals surface area contributed by atoms with E-state index in [4.69, 9.17) is 4.74 Å². The lowest BCUT2D eigenvalue weighted by Gasteiger charge is -2.31. The highest BCUT2D eigenvalue weighted by molar-refractivity contribution is 5.94. The minimum absolute atomic E-state index is 0.0612. The van der Waals surface area contributed by atoms with Crippen molar-refractivity contribution in [3.8, 4) is 5.75 Å². The van der Waals surface area contributed by atoms with E-state index in [0.29, 0.717) is 37.6 Å². The summed E-state index contributed by atoms with van der Waals surface area (Å²) in [6.45, 7) is 13.1. The van der Waals surface area contributed by atoms with Crippen LogP contribution in [0, 0.1) is 0 Å². The average molecular weight is 615 g/mol. The molecule has 1 atom stereocenters. The van der Waals surface area contributed by atoms with Crippen LogP contribution in [0.4, 0.5) is 0 Å². The number of aromatic hydroxyl groups is 1. The van der Waals surface area contributed by atoms with Crippen molar-refractivity contribution in [3.05, 3.63) is 101 Å². The van der Waals surface area contributed by atoms with E-state index in [1.54, 1.807) is 12.1 Å². The highest BCUT2D eigenvalue weighted by Crippen LogP contribution is 2.18. The minimum Gasteiger partial charge on any atom is -0.508 e. The maximum absolute atomic E-state index is 13.1. The second-order valence-corrected chi connectivity index (χ2v) is 12.0. The topological polar surface area (TPSA) is 85.4 Å². The summed E-state index contributed by atoms with van der Waals surface area (Å²) in [6.07, 6.45) is 2.82. The lowest BCUT2D eigenvalue weighted by Crippen LogP contribution is -2.48. The molecule has 8 nitrogen and oxygen atoms in total. The van der Waals surface area contributed by atoms with E-state index in [1.165, 1.54) is 12.1 Å². The molecule has 0 saturated carbocycles. The fourth-order valence-corrected chi connectivity index (χ4v) is 5.97. The molecule has 8 heteroatoms. The maximum Gasteiger partial charge on any atom is 0.305 e. The Labute approximate surface area is 269 Å². The molecule has 45 heavy (non-hydrogen) atoms. The van der Waals surface area contributed by atoms with Crippen LogP contribution in [0.2, 0.25) is 0 Å². The fraction of sp³-hybridized carbons (Fsp3) is 0.459. The molecule has 1 unspecified atom stereocenters. The van der Waals surface area contributed by atoms with E-state index < -0.39 is 0 Å². The second-order valence-electron chi connectivity index (χ2n) is 12.0. The number of phenols is 1. The first-order valence-corrected chi connectivity index (χ1v) is 16.4. The smallest absolute Gasteiger partial charge is 0.305 e. The molecule has 2 aliphatic heterocycles. The molecule has 5 rings (SSSR count). The third-order valence-corrected chi connectivity index (χ3v) is 8.23. The van der Waals surface area contributed by atoms with E-state index in [-0.39, 0.29) is 17.6 Å². The Hall–Kier alpha value is -3.72. The Morgan fingerprint density at radius 3 is 2.38 bits per heavy atom. The average Bonchev–Trinajstić information content (AvgIpc) is 3.28. The number of esters is 1. The number of piperazine rings is 1. The van der Waals surface area contributed by atoms with Gasteiger partial charge in [-0.2, -0.15) is 0 Å². The van der Waals surface area contributed by atoms with Crippen LogP contribution in [-0.2, 0) is 22.5 Å². The molecule has 3 aromatic carbocycles. The van der Waals surface area contributed by atoms with Gasteiger partial charge in [0.25, 0.3) is 5.91 Å². The van der Waals surface area contributed by atoms with Gasteiger partial charge in [0, 0.05) is 63.8 Å². The van der Waals surface area contributed by atoms with E-state index in [1.807, 2.05) is 48.2 Å². The van der Waals surface area contributed by atoms with Crippen LogP contribution in [0.25, 0.3) is 0 Å². The zero-order valence-electron chi connectivity index (χ0n) is 27.0. The molecule has 1 amide bonds. The number of hydrogen-bond donors (Lipinski definition) is 2. The highest BCUT2D eigenvalue weighted by atomic mass is 16.5. The molecule has 0 aliphatic carbocycles. The predicted molar refractivity (Wildman–Crippen MR) is 179 cm³/mol. The van der Waals surface area contributed by atoms with Gasteiger partial charge in [0.15, 0.2) is 0 Å². The van der Waals surface area contributed by atoms with Gasteiger partial charge in [0.1, 0.15) is 5.75 Å². The summed E-state index contributed by atoms with van der Waals surface area (Å²) in [5.41, 5.74) is 4.18. The van der Waals surface area contributed by atoms with Gasteiger partial charge in [-0.25, -0.2) is 0 Å². The van der Waals surface area contributed by atoms with Crippen LogP contribution in [0.1, 0.15) is 60.2 Å². The monoisotopic (exact) mass is 614 g/mol. The van der Waals surface area contributed by atoms with Crippen LogP contribution < -0.4 is 5.32 Å². The van der Waals surface area contributed by atoms with Gasteiger partial charge in [-0.3, -0.25) is 14.5 Å². The Kier molecular flexibility index (Phi) is 13.9. The van der Waals surface area contributed by atoms with E-state index in [9.17, 15) is 14.7 Å². The zero-order chi connectivity index (χ0) is 31.9. The third-order valence-electron chi connectivity index (χ3n) is 8.23. The molecule has 2 heterocycles. The number of benzene rings is 3. The molecule has 242 valence electrons. The number of carbonyl (C=O) groups excluding carboxylic acids is 2. The van der Waals surface area contributed by atoms with E-state index >= 15 is 0 Å². The molecule has 0 spiro atoms. The summed E-state index contributed by atoms with van der Waals surface area (Å²) >= 11 is 0. The Bertz CT molecular complexity index is 1330. The molecule has 2 aliphatic rings. The van der Waals surface area contributed by atoms with Crippen LogP contribution in [0.5, 0.6) is 5.75 Å². The minimum atomic E-state index is -0.139. The van der Waals surface area contributed by atoms with Crippen molar-refractivity contribution < 1.29 is 19.4 Å². The van der Waals surface area contributed by atoms with Crippen molar-refractivity contribution in [1.29, 1.82) is 0 Å². The predicted octanol–water partition coefficient (Wildman–Crippen LogP) is 4.95. The first-order chi connectivity index (χ1) is 21.9. The summed E-state index contributed by atoms with van der Waals surface area (Å²) in [7, 11) is 0. The number of carbonyl (C=O) groups is 2. The summed E-state index contributed by atoms with van der Waals surface area (Å²) in [6, 6.07) is 26.3. The number of nitrogens with one attached hydrogen (secondary N) is 1. The van der Waals surface area contributed by atoms with Crippen molar-refractivity contribution in [2.45, 2.75) is 52.1 Å². The molecular weight excluding hydrogens is 564 g/mol. The second kappa shape index (κ2) is 18.3. The van der Waals surface area contributed by atoms with Crippen LogP contribution in [0.15, 0.2) is 78.9 Å². The molecule has 3 aromatic rings. The number of amides is 1. The summed E-state index contributed by atoms with van der Waals surface area (Å²) in [5, 5.41) is 13.1. The summed E-state index contributed by atoms with van der Waals surface area (Å²) in [4.78, 5) is 31.4. The van der Waals surface area contributed by atoms with Gasteiger partial charge in [-0.1, -0.05) is 54.6 Å². The lowest BCUT2D eigenvalue weighted by molar-refractivity contribution is -0.143. The lowest BCUT2D eigenvalue weighted by atomic mass is 10.0. The summed E-state index contributed by atoms with van der Waals surface area (Å²) < 4.78 is 4.98. The first-order valence-electron chi connectivity index (χ1n) is 16.4. The molecule has 0 radical (unpaired) electrons.